The summed E-state index contributed by atoms with van der Waals surface area (Å²) >= 11 is 0. The maximum atomic E-state index is 12.3. The van der Waals surface area contributed by atoms with Crippen LogP contribution in [-0.4, -0.2) is 11.9 Å². The van der Waals surface area contributed by atoms with Crippen molar-refractivity contribution >= 4 is 18.3 Å². The van der Waals surface area contributed by atoms with Gasteiger partial charge in [0.2, 0.25) is 0 Å². The van der Waals surface area contributed by atoms with Gasteiger partial charge in [0.05, 0.1) is 0 Å². The van der Waals surface area contributed by atoms with Crippen LogP contribution in [0.3, 0.4) is 0 Å². The van der Waals surface area contributed by atoms with Crippen molar-refractivity contribution in [3.8, 4) is 0 Å². The molecule has 0 heterocycles. The van der Waals surface area contributed by atoms with Crippen molar-refractivity contribution in [3.05, 3.63) is 35.4 Å². The van der Waals surface area contributed by atoms with E-state index in [1.165, 1.54) is 32.1 Å². The second kappa shape index (κ2) is 9.06. The molecule has 4 heteroatoms. The summed E-state index contributed by atoms with van der Waals surface area (Å²) < 4.78 is 0. The Balaban J connectivity index is 0.00000220. The zero-order valence-corrected chi connectivity index (χ0v) is 13.6. The van der Waals surface area contributed by atoms with Crippen molar-refractivity contribution in [1.29, 1.82) is 0 Å². The summed E-state index contributed by atoms with van der Waals surface area (Å²) in [6.45, 7) is 2.72. The third-order valence-electron chi connectivity index (χ3n) is 4.36. The molecule has 1 saturated carbocycles. The zero-order chi connectivity index (χ0) is 14.4. The molecule has 0 radical (unpaired) electrons. The molecule has 0 bridgehead atoms. The van der Waals surface area contributed by atoms with Crippen LogP contribution in [0.2, 0.25) is 0 Å². The van der Waals surface area contributed by atoms with E-state index in [-0.39, 0.29) is 18.3 Å². The molecule has 118 valence electrons. The monoisotopic (exact) mass is 310 g/mol. The molecule has 0 aliphatic heterocycles. The topological polar surface area (TPSA) is 55.1 Å². The van der Waals surface area contributed by atoms with Crippen LogP contribution >= 0.6 is 12.4 Å². The predicted molar refractivity (Wildman–Crippen MR) is 89.7 cm³/mol. The van der Waals surface area contributed by atoms with Crippen LogP contribution in [0.5, 0.6) is 0 Å². The number of benzene rings is 1. The molecule has 3 nitrogen and oxygen atoms in total. The minimum atomic E-state index is 0. The summed E-state index contributed by atoms with van der Waals surface area (Å²) in [6.07, 6.45) is 7.32. The van der Waals surface area contributed by atoms with E-state index in [1.807, 2.05) is 24.3 Å². The van der Waals surface area contributed by atoms with E-state index in [4.69, 9.17) is 5.73 Å². The maximum absolute atomic E-state index is 12.3. The second-order valence-electron chi connectivity index (χ2n) is 5.81. The van der Waals surface area contributed by atoms with E-state index in [2.05, 4.69) is 12.2 Å². The lowest BCUT2D eigenvalue weighted by Crippen LogP contribution is -2.42. The Morgan fingerprint density at radius 3 is 2.48 bits per heavy atom. The van der Waals surface area contributed by atoms with Crippen molar-refractivity contribution < 1.29 is 4.79 Å². The molecule has 1 aliphatic rings. The van der Waals surface area contributed by atoms with Gasteiger partial charge in [-0.2, -0.15) is 0 Å². The molecular weight excluding hydrogens is 284 g/mol. The predicted octanol–water partition coefficient (Wildman–Crippen LogP) is 3.66. The number of rotatable bonds is 7. The summed E-state index contributed by atoms with van der Waals surface area (Å²) in [5.41, 5.74) is 7.37. The van der Waals surface area contributed by atoms with E-state index in [0.717, 1.165) is 17.5 Å². The number of nitrogens with one attached hydrogen (secondary N) is 1. The van der Waals surface area contributed by atoms with E-state index in [9.17, 15) is 4.79 Å². The van der Waals surface area contributed by atoms with Crippen LogP contribution in [0.25, 0.3) is 0 Å². The zero-order valence-electron chi connectivity index (χ0n) is 12.8. The van der Waals surface area contributed by atoms with Crippen molar-refractivity contribution in [2.45, 2.75) is 58.0 Å². The van der Waals surface area contributed by atoms with Gasteiger partial charge in [0.25, 0.3) is 5.91 Å². The molecule has 21 heavy (non-hydrogen) atoms. The number of halogens is 1. The summed E-state index contributed by atoms with van der Waals surface area (Å²) in [7, 11) is 0. The largest absolute Gasteiger partial charge is 0.349 e. The van der Waals surface area contributed by atoms with Gasteiger partial charge in [-0.25, -0.2) is 0 Å². The molecule has 0 spiro atoms. The Morgan fingerprint density at radius 2 is 2.00 bits per heavy atom. The molecule has 0 aromatic heterocycles. The average Bonchev–Trinajstić information content (AvgIpc) is 2.42. The minimum absolute atomic E-state index is 0. The van der Waals surface area contributed by atoms with Gasteiger partial charge in [0.1, 0.15) is 0 Å². The van der Waals surface area contributed by atoms with Crippen LogP contribution in [-0.2, 0) is 6.54 Å². The molecule has 1 aliphatic carbocycles. The van der Waals surface area contributed by atoms with E-state index in [1.54, 1.807) is 0 Å². The molecule has 1 atom stereocenters. The van der Waals surface area contributed by atoms with Gasteiger partial charge in [-0.1, -0.05) is 38.3 Å². The highest BCUT2D eigenvalue weighted by Gasteiger charge is 2.28. The van der Waals surface area contributed by atoms with E-state index < -0.39 is 0 Å². The highest BCUT2D eigenvalue weighted by atomic mass is 35.5. The van der Waals surface area contributed by atoms with Crippen LogP contribution in [0.4, 0.5) is 0 Å². The average molecular weight is 311 g/mol. The summed E-state index contributed by atoms with van der Waals surface area (Å²) in [5, 5.41) is 3.24. The van der Waals surface area contributed by atoms with Gasteiger partial charge in [-0.15, -0.1) is 12.4 Å². The molecule has 1 aromatic rings. The quantitative estimate of drug-likeness (QED) is 0.807. The lowest BCUT2D eigenvalue weighted by atomic mass is 9.78. The second-order valence-corrected chi connectivity index (χ2v) is 5.81. The third-order valence-corrected chi connectivity index (χ3v) is 4.36. The first-order valence-corrected chi connectivity index (χ1v) is 7.84. The van der Waals surface area contributed by atoms with Gasteiger partial charge in [-0.3, -0.25) is 4.79 Å². The normalized spacial score (nSPS) is 15.7. The third kappa shape index (κ3) is 5.01. The minimum Gasteiger partial charge on any atom is -0.349 e. The summed E-state index contributed by atoms with van der Waals surface area (Å²) in [6, 6.07) is 7.95. The molecular formula is C17H27ClN2O. The summed E-state index contributed by atoms with van der Waals surface area (Å²) in [5.74, 6) is 0.746. The fraction of sp³-hybridized carbons (Fsp3) is 0.588. The Hall–Kier alpha value is -1.06. The van der Waals surface area contributed by atoms with Gasteiger partial charge < -0.3 is 11.1 Å². The Morgan fingerprint density at radius 1 is 1.33 bits per heavy atom. The van der Waals surface area contributed by atoms with Crippen LogP contribution < -0.4 is 11.1 Å². The lowest BCUT2D eigenvalue weighted by Gasteiger charge is -2.34. The van der Waals surface area contributed by atoms with Crippen molar-refractivity contribution in [2.75, 3.05) is 0 Å². The number of carbonyl (C=O) groups is 1. The van der Waals surface area contributed by atoms with E-state index in [0.29, 0.717) is 18.5 Å². The van der Waals surface area contributed by atoms with Gasteiger partial charge in [0, 0.05) is 18.2 Å². The Bertz CT molecular complexity index is 429. The number of nitrogens with two attached hydrogens (primary N) is 1. The van der Waals surface area contributed by atoms with Gasteiger partial charge >= 0.3 is 0 Å². The van der Waals surface area contributed by atoms with Crippen molar-refractivity contribution in [3.63, 3.8) is 0 Å². The first kappa shape index (κ1) is 18.0. The highest BCUT2D eigenvalue weighted by Crippen LogP contribution is 2.31. The van der Waals surface area contributed by atoms with Crippen LogP contribution in [0, 0.1) is 5.92 Å². The highest BCUT2D eigenvalue weighted by molar-refractivity contribution is 5.94. The number of carbonyl (C=O) groups excluding carboxylic acids is 1. The molecule has 1 unspecified atom stereocenters. The van der Waals surface area contributed by atoms with Crippen LogP contribution in [0.15, 0.2) is 24.3 Å². The number of unbranched alkanes of at least 4 members (excludes halogenated alkanes) is 1. The van der Waals surface area contributed by atoms with Crippen molar-refractivity contribution in [2.24, 2.45) is 11.7 Å². The van der Waals surface area contributed by atoms with Gasteiger partial charge in [0.15, 0.2) is 0 Å². The smallest absolute Gasteiger partial charge is 0.251 e. The molecule has 1 fully saturated rings. The molecule has 1 aromatic carbocycles. The number of hydrogen-bond donors (Lipinski definition) is 2. The Labute approximate surface area is 134 Å². The maximum Gasteiger partial charge on any atom is 0.251 e. The van der Waals surface area contributed by atoms with Crippen LogP contribution in [0.1, 0.15) is 61.4 Å². The molecule has 1 amide bonds. The fourth-order valence-corrected chi connectivity index (χ4v) is 2.74. The van der Waals surface area contributed by atoms with E-state index >= 15 is 0 Å². The Kier molecular flexibility index (Phi) is 7.76. The van der Waals surface area contributed by atoms with Crippen molar-refractivity contribution in [1.82, 2.24) is 5.32 Å². The first-order valence-electron chi connectivity index (χ1n) is 7.84. The fourth-order valence-electron chi connectivity index (χ4n) is 2.74. The summed E-state index contributed by atoms with van der Waals surface area (Å²) in [4.78, 5) is 12.3. The first-order chi connectivity index (χ1) is 9.74. The number of hydrogen-bond acceptors (Lipinski definition) is 2. The standard InChI is InChI=1S/C17H26N2O.ClH/c1-2-3-7-16(14-5-4-6-14)19-17(20)15-10-8-13(12-18)9-11-15;/h8-11,14,16H,2-7,12,18H2,1H3,(H,19,20);1H. The number of amides is 1. The molecule has 2 rings (SSSR count). The van der Waals surface area contributed by atoms with Gasteiger partial charge in [-0.05, 0) is 42.9 Å². The lowest BCUT2D eigenvalue weighted by molar-refractivity contribution is 0.0895. The SMILES string of the molecule is CCCCC(NC(=O)c1ccc(CN)cc1)C1CCC1.Cl. The molecule has 0 saturated heterocycles. The molecule has 3 N–H and O–H groups in total.